The molecular formula is C17H30N2O. The van der Waals surface area contributed by atoms with Crippen LogP contribution in [-0.2, 0) is 4.79 Å². The Morgan fingerprint density at radius 1 is 1.25 bits per heavy atom. The van der Waals surface area contributed by atoms with Crippen molar-refractivity contribution in [2.24, 2.45) is 11.8 Å². The van der Waals surface area contributed by atoms with Gasteiger partial charge >= 0.3 is 0 Å². The van der Waals surface area contributed by atoms with Gasteiger partial charge in [-0.05, 0) is 58.4 Å². The summed E-state index contributed by atoms with van der Waals surface area (Å²) in [6.07, 6.45) is 10.7. The molecule has 0 saturated carbocycles. The largest absolute Gasteiger partial charge is 0.343 e. The van der Waals surface area contributed by atoms with E-state index < -0.39 is 0 Å². The molecule has 0 spiro atoms. The highest BCUT2D eigenvalue weighted by Gasteiger charge is 2.29. The van der Waals surface area contributed by atoms with Crippen molar-refractivity contribution in [1.29, 1.82) is 0 Å². The van der Waals surface area contributed by atoms with Crippen molar-refractivity contribution in [3.8, 4) is 0 Å². The maximum atomic E-state index is 12.5. The normalized spacial score (nSPS) is 27.5. The predicted octanol–water partition coefficient (Wildman–Crippen LogP) is 2.92. The quantitative estimate of drug-likeness (QED) is 0.722. The van der Waals surface area contributed by atoms with Crippen molar-refractivity contribution in [3.05, 3.63) is 12.2 Å². The zero-order chi connectivity index (χ0) is 14.4. The molecule has 1 aliphatic heterocycles. The Labute approximate surface area is 124 Å². The molecule has 0 aromatic carbocycles. The molecule has 2 aliphatic rings. The van der Waals surface area contributed by atoms with Crippen LogP contribution in [0.2, 0.25) is 0 Å². The lowest BCUT2D eigenvalue weighted by molar-refractivity contribution is -0.137. The molecule has 0 aromatic rings. The molecule has 1 amide bonds. The van der Waals surface area contributed by atoms with Gasteiger partial charge in [0.05, 0.1) is 5.92 Å². The van der Waals surface area contributed by atoms with Crippen LogP contribution in [0.3, 0.4) is 0 Å². The summed E-state index contributed by atoms with van der Waals surface area (Å²) in [5, 5.41) is 0. The monoisotopic (exact) mass is 278 g/mol. The van der Waals surface area contributed by atoms with E-state index in [0.29, 0.717) is 5.91 Å². The first kappa shape index (κ1) is 15.6. The minimum atomic E-state index is 0.239. The molecule has 0 N–H and O–H groups in total. The average molecular weight is 278 g/mol. The molecule has 20 heavy (non-hydrogen) atoms. The molecule has 2 rings (SSSR count). The zero-order valence-electron chi connectivity index (χ0n) is 13.2. The van der Waals surface area contributed by atoms with Crippen molar-refractivity contribution in [3.63, 3.8) is 0 Å². The van der Waals surface area contributed by atoms with E-state index >= 15 is 0 Å². The van der Waals surface area contributed by atoms with Gasteiger partial charge < -0.3 is 9.80 Å². The first-order valence-corrected chi connectivity index (χ1v) is 8.40. The molecular weight excluding hydrogens is 248 g/mol. The van der Waals surface area contributed by atoms with E-state index in [4.69, 9.17) is 0 Å². The number of carbonyl (C=O) groups excluding carboxylic acids is 1. The molecule has 0 aromatic heterocycles. The fourth-order valence-corrected chi connectivity index (χ4v) is 3.60. The Bertz CT molecular complexity index is 336. The van der Waals surface area contributed by atoms with Crippen molar-refractivity contribution >= 4 is 5.91 Å². The Morgan fingerprint density at radius 3 is 2.70 bits per heavy atom. The van der Waals surface area contributed by atoms with Crippen LogP contribution in [0, 0.1) is 11.8 Å². The van der Waals surface area contributed by atoms with Crippen LogP contribution in [0.5, 0.6) is 0 Å². The van der Waals surface area contributed by atoms with E-state index in [0.717, 1.165) is 32.0 Å². The van der Waals surface area contributed by atoms with E-state index in [9.17, 15) is 4.79 Å². The molecule has 3 nitrogen and oxygen atoms in total. The van der Waals surface area contributed by atoms with Gasteiger partial charge in [0, 0.05) is 26.2 Å². The highest BCUT2D eigenvalue weighted by molar-refractivity contribution is 5.79. The van der Waals surface area contributed by atoms with Crippen molar-refractivity contribution in [2.45, 2.75) is 46.0 Å². The molecule has 2 unspecified atom stereocenters. The van der Waals surface area contributed by atoms with E-state index in [2.05, 4.69) is 30.9 Å². The van der Waals surface area contributed by atoms with E-state index in [-0.39, 0.29) is 5.92 Å². The molecule has 1 aliphatic carbocycles. The summed E-state index contributed by atoms with van der Waals surface area (Å²) in [5.41, 5.74) is 0. The van der Waals surface area contributed by atoms with Gasteiger partial charge in [-0.15, -0.1) is 0 Å². The number of rotatable bonds is 5. The average Bonchev–Trinajstić information content (AvgIpc) is 2.49. The molecule has 114 valence electrons. The maximum Gasteiger partial charge on any atom is 0.226 e. The summed E-state index contributed by atoms with van der Waals surface area (Å²) >= 11 is 0. The highest BCUT2D eigenvalue weighted by Crippen LogP contribution is 2.24. The third-order valence-corrected chi connectivity index (χ3v) is 4.82. The SMILES string of the molecule is CCN(CC)C(=O)C1CCCN(CC2CC=CCC2)C1. The second-order valence-electron chi connectivity index (χ2n) is 6.26. The van der Waals surface area contributed by atoms with Gasteiger partial charge in [-0.1, -0.05) is 12.2 Å². The van der Waals surface area contributed by atoms with Crippen LogP contribution in [0.4, 0.5) is 0 Å². The first-order chi connectivity index (χ1) is 9.74. The van der Waals surface area contributed by atoms with E-state index in [1.165, 1.54) is 38.8 Å². The van der Waals surface area contributed by atoms with E-state index in [1.54, 1.807) is 0 Å². The maximum absolute atomic E-state index is 12.5. The zero-order valence-corrected chi connectivity index (χ0v) is 13.2. The van der Waals surface area contributed by atoms with Crippen LogP contribution >= 0.6 is 0 Å². The second kappa shape index (κ2) is 7.82. The number of nitrogens with zero attached hydrogens (tertiary/aromatic N) is 2. The summed E-state index contributed by atoms with van der Waals surface area (Å²) in [6, 6.07) is 0. The van der Waals surface area contributed by atoms with Crippen LogP contribution < -0.4 is 0 Å². The summed E-state index contributed by atoms with van der Waals surface area (Å²) < 4.78 is 0. The number of hydrogen-bond donors (Lipinski definition) is 0. The Kier molecular flexibility index (Phi) is 6.08. The third kappa shape index (κ3) is 4.08. The Morgan fingerprint density at radius 2 is 2.05 bits per heavy atom. The smallest absolute Gasteiger partial charge is 0.226 e. The number of carbonyl (C=O) groups is 1. The summed E-state index contributed by atoms with van der Waals surface area (Å²) in [7, 11) is 0. The van der Waals surface area contributed by atoms with Crippen LogP contribution in [0.25, 0.3) is 0 Å². The van der Waals surface area contributed by atoms with Gasteiger partial charge in [-0.2, -0.15) is 0 Å². The lowest BCUT2D eigenvalue weighted by atomic mass is 9.91. The van der Waals surface area contributed by atoms with Gasteiger partial charge in [-0.3, -0.25) is 4.79 Å². The first-order valence-electron chi connectivity index (χ1n) is 8.40. The minimum absolute atomic E-state index is 0.239. The molecule has 0 radical (unpaired) electrons. The third-order valence-electron chi connectivity index (χ3n) is 4.82. The Balaban J connectivity index is 1.84. The fraction of sp³-hybridized carbons (Fsp3) is 0.824. The lowest BCUT2D eigenvalue weighted by Crippen LogP contribution is -2.46. The van der Waals surface area contributed by atoms with Gasteiger partial charge in [0.1, 0.15) is 0 Å². The lowest BCUT2D eigenvalue weighted by Gasteiger charge is -2.36. The van der Waals surface area contributed by atoms with Gasteiger partial charge in [0.15, 0.2) is 0 Å². The number of hydrogen-bond acceptors (Lipinski definition) is 2. The van der Waals surface area contributed by atoms with Gasteiger partial charge in [0.2, 0.25) is 5.91 Å². The van der Waals surface area contributed by atoms with Crippen LogP contribution in [0.15, 0.2) is 12.2 Å². The van der Waals surface area contributed by atoms with Crippen LogP contribution in [0.1, 0.15) is 46.0 Å². The standard InChI is InChI=1S/C17H30N2O/c1-3-19(4-2)17(20)16-11-8-12-18(14-16)13-15-9-6-5-7-10-15/h5-6,15-16H,3-4,7-14H2,1-2H3. The van der Waals surface area contributed by atoms with Crippen LogP contribution in [-0.4, -0.2) is 48.4 Å². The van der Waals surface area contributed by atoms with Crippen molar-refractivity contribution in [1.82, 2.24) is 9.80 Å². The van der Waals surface area contributed by atoms with E-state index in [1.807, 2.05) is 4.90 Å². The highest BCUT2D eigenvalue weighted by atomic mass is 16.2. The predicted molar refractivity (Wildman–Crippen MR) is 83.6 cm³/mol. The fourth-order valence-electron chi connectivity index (χ4n) is 3.60. The molecule has 1 saturated heterocycles. The Hall–Kier alpha value is -0.830. The summed E-state index contributed by atoms with van der Waals surface area (Å²) in [4.78, 5) is 17.0. The number of amides is 1. The van der Waals surface area contributed by atoms with Gasteiger partial charge in [0.25, 0.3) is 0 Å². The minimum Gasteiger partial charge on any atom is -0.343 e. The summed E-state index contributed by atoms with van der Waals surface area (Å²) in [6.45, 7) is 9.20. The van der Waals surface area contributed by atoms with Crippen molar-refractivity contribution in [2.75, 3.05) is 32.7 Å². The second-order valence-corrected chi connectivity index (χ2v) is 6.26. The van der Waals surface area contributed by atoms with Crippen molar-refractivity contribution < 1.29 is 4.79 Å². The molecule has 0 bridgehead atoms. The summed E-state index contributed by atoms with van der Waals surface area (Å²) in [5.74, 6) is 1.42. The molecule has 1 heterocycles. The number of likely N-dealkylation sites (tertiary alicyclic amines) is 1. The number of allylic oxidation sites excluding steroid dienone is 2. The molecule has 3 heteroatoms. The topological polar surface area (TPSA) is 23.6 Å². The molecule has 1 fully saturated rings. The number of piperidine rings is 1. The van der Waals surface area contributed by atoms with Gasteiger partial charge in [-0.25, -0.2) is 0 Å². The molecule has 2 atom stereocenters.